The van der Waals surface area contributed by atoms with Gasteiger partial charge in [-0.3, -0.25) is 9.69 Å². The Labute approximate surface area is 235 Å². The third-order valence-corrected chi connectivity index (χ3v) is 8.66. The van der Waals surface area contributed by atoms with Gasteiger partial charge < -0.3 is 15.6 Å². The number of aliphatic carboxylic acids is 1. The Morgan fingerprint density at radius 3 is 2.95 bits per heavy atom. The number of hydrogen-bond acceptors (Lipinski definition) is 9. The molecule has 0 saturated heterocycles. The Hall–Kier alpha value is -4.09. The normalized spacial score (nSPS) is 16.5. The van der Waals surface area contributed by atoms with Crippen LogP contribution in [0.1, 0.15) is 53.6 Å². The molecule has 40 heavy (non-hydrogen) atoms. The number of thiophene rings is 1. The van der Waals surface area contributed by atoms with Crippen LogP contribution in [-0.2, 0) is 24.9 Å². The van der Waals surface area contributed by atoms with Crippen molar-refractivity contribution >= 4 is 44.4 Å². The minimum Gasteiger partial charge on any atom is -0.487 e. The SMILES string of the molecule is CC[C@@H]1CN(Cc2cc([C@@H](CC(=O)O)c3cnc4c(nnn4C)c3C)cc3ccsc23)Cc2nc(N)ccc2O1. The largest absolute Gasteiger partial charge is 0.487 e. The second kappa shape index (κ2) is 10.5. The molecule has 206 valence electrons. The highest BCUT2D eigenvalue weighted by atomic mass is 32.1. The van der Waals surface area contributed by atoms with Gasteiger partial charge in [-0.25, -0.2) is 14.6 Å². The van der Waals surface area contributed by atoms with Crippen LogP contribution in [0.15, 0.2) is 41.9 Å². The van der Waals surface area contributed by atoms with E-state index in [0.717, 1.165) is 52.0 Å². The van der Waals surface area contributed by atoms with E-state index >= 15 is 0 Å². The van der Waals surface area contributed by atoms with E-state index in [9.17, 15) is 9.90 Å². The summed E-state index contributed by atoms with van der Waals surface area (Å²) < 4.78 is 9.09. The first-order valence-electron chi connectivity index (χ1n) is 13.3. The molecule has 0 bridgehead atoms. The summed E-state index contributed by atoms with van der Waals surface area (Å²) in [5.74, 6) is -0.00762. The lowest BCUT2D eigenvalue weighted by atomic mass is 9.85. The number of aromatic nitrogens is 5. The van der Waals surface area contributed by atoms with Crippen LogP contribution in [-0.4, -0.2) is 53.6 Å². The Morgan fingerprint density at radius 1 is 1.30 bits per heavy atom. The van der Waals surface area contributed by atoms with Crippen LogP contribution >= 0.6 is 11.3 Å². The highest BCUT2D eigenvalue weighted by Crippen LogP contribution is 2.37. The molecule has 1 aliphatic rings. The monoisotopic (exact) mass is 557 g/mol. The summed E-state index contributed by atoms with van der Waals surface area (Å²) >= 11 is 1.70. The topological polar surface area (TPSA) is 132 Å². The minimum absolute atomic E-state index is 0.0286. The Balaban J connectivity index is 1.42. The first-order valence-corrected chi connectivity index (χ1v) is 14.2. The van der Waals surface area contributed by atoms with Crippen molar-refractivity contribution in [3.8, 4) is 5.75 Å². The van der Waals surface area contributed by atoms with Crippen molar-refractivity contribution < 1.29 is 14.6 Å². The molecule has 0 spiro atoms. The van der Waals surface area contributed by atoms with E-state index in [2.05, 4.69) is 55.7 Å². The number of rotatable bonds is 7. The summed E-state index contributed by atoms with van der Waals surface area (Å²) in [6.07, 6.45) is 2.61. The molecule has 0 unspecified atom stereocenters. The fourth-order valence-corrected chi connectivity index (χ4v) is 6.51. The Morgan fingerprint density at radius 2 is 2.15 bits per heavy atom. The summed E-state index contributed by atoms with van der Waals surface area (Å²) in [7, 11) is 1.80. The molecule has 0 saturated carbocycles. The van der Waals surface area contributed by atoms with Crippen molar-refractivity contribution in [3.63, 3.8) is 0 Å². The van der Waals surface area contributed by atoms with Gasteiger partial charge in [0.05, 0.1) is 12.1 Å². The van der Waals surface area contributed by atoms with Gasteiger partial charge in [0.25, 0.3) is 0 Å². The molecule has 11 heteroatoms. The average molecular weight is 558 g/mol. The zero-order valence-electron chi connectivity index (χ0n) is 22.7. The first kappa shape index (κ1) is 26.1. The van der Waals surface area contributed by atoms with Crippen LogP contribution in [0.5, 0.6) is 5.75 Å². The second-order valence-electron chi connectivity index (χ2n) is 10.4. The standard InChI is InChI=1S/C29H31N7O3S/c1-4-20-14-36(15-23-24(39-20)5-6-25(30)32-23)13-19-10-18(9-17-7-8-40-28(17)19)21(11-26(37)38)22-12-31-29-27(16(22)2)33-34-35(29)3/h5-10,12,20-21H,4,11,13-15H2,1-3H3,(H2,30,32)(H,37,38)/t20-,21-/m1/s1. The fraction of sp³-hybridized carbons (Fsp3) is 0.345. The molecule has 1 aliphatic heterocycles. The summed E-state index contributed by atoms with van der Waals surface area (Å²) in [5.41, 5.74) is 12.0. The number of pyridine rings is 2. The number of carbonyl (C=O) groups is 1. The molecule has 3 N–H and O–H groups in total. The highest BCUT2D eigenvalue weighted by molar-refractivity contribution is 7.17. The van der Waals surface area contributed by atoms with Gasteiger partial charge in [-0.15, -0.1) is 16.4 Å². The summed E-state index contributed by atoms with van der Waals surface area (Å²) in [6, 6.07) is 10.1. The maximum absolute atomic E-state index is 12.1. The lowest BCUT2D eigenvalue weighted by molar-refractivity contribution is -0.137. The van der Waals surface area contributed by atoms with E-state index in [1.165, 1.54) is 4.70 Å². The van der Waals surface area contributed by atoms with Gasteiger partial charge in [-0.1, -0.05) is 18.2 Å². The second-order valence-corrected chi connectivity index (χ2v) is 11.3. The van der Waals surface area contributed by atoms with Crippen LogP contribution in [0.2, 0.25) is 0 Å². The third-order valence-electron chi connectivity index (χ3n) is 7.65. The van der Waals surface area contributed by atoms with Crippen molar-refractivity contribution in [1.29, 1.82) is 0 Å². The maximum Gasteiger partial charge on any atom is 0.304 e. The van der Waals surface area contributed by atoms with Gasteiger partial charge in [0, 0.05) is 43.5 Å². The number of carboxylic acid groups (broad SMARTS) is 1. The first-order chi connectivity index (χ1) is 19.3. The van der Waals surface area contributed by atoms with E-state index in [-0.39, 0.29) is 12.5 Å². The van der Waals surface area contributed by atoms with Crippen LogP contribution < -0.4 is 10.5 Å². The summed E-state index contributed by atoms with van der Waals surface area (Å²) in [4.78, 5) is 23.6. The minimum atomic E-state index is -0.869. The number of nitrogen functional groups attached to an aromatic ring is 1. The zero-order valence-corrected chi connectivity index (χ0v) is 23.5. The van der Waals surface area contributed by atoms with Crippen molar-refractivity contribution in [3.05, 3.63) is 69.9 Å². The predicted octanol–water partition coefficient (Wildman–Crippen LogP) is 4.64. The molecule has 5 aromatic rings. The van der Waals surface area contributed by atoms with E-state index in [0.29, 0.717) is 30.1 Å². The number of benzene rings is 1. The molecular weight excluding hydrogens is 526 g/mol. The zero-order chi connectivity index (χ0) is 28.0. The van der Waals surface area contributed by atoms with E-state index in [4.69, 9.17) is 10.5 Å². The number of aryl methyl sites for hydroxylation is 2. The summed E-state index contributed by atoms with van der Waals surface area (Å²) in [5, 5.41) is 21.5. The number of hydrogen-bond donors (Lipinski definition) is 2. The van der Waals surface area contributed by atoms with Crippen molar-refractivity contribution in [2.75, 3.05) is 12.3 Å². The van der Waals surface area contributed by atoms with Gasteiger partial charge in [-0.05, 0) is 70.6 Å². The smallest absolute Gasteiger partial charge is 0.304 e. The van der Waals surface area contributed by atoms with Gasteiger partial charge >= 0.3 is 5.97 Å². The fourth-order valence-electron chi connectivity index (χ4n) is 5.62. The van der Waals surface area contributed by atoms with Crippen LogP contribution in [0.4, 0.5) is 5.82 Å². The average Bonchev–Trinajstić information content (AvgIpc) is 3.51. The Bertz CT molecular complexity index is 1730. The van der Waals surface area contributed by atoms with Crippen LogP contribution in [0, 0.1) is 6.92 Å². The number of fused-ring (bicyclic) bond motifs is 3. The van der Waals surface area contributed by atoms with Crippen molar-refractivity contribution in [2.24, 2.45) is 7.05 Å². The van der Waals surface area contributed by atoms with Crippen molar-refractivity contribution in [2.45, 2.75) is 51.8 Å². The van der Waals surface area contributed by atoms with Crippen LogP contribution in [0.25, 0.3) is 21.3 Å². The lowest BCUT2D eigenvalue weighted by Crippen LogP contribution is -2.32. The molecule has 6 rings (SSSR count). The third kappa shape index (κ3) is 4.86. The molecule has 5 heterocycles. The Kier molecular flexibility index (Phi) is 6.85. The van der Waals surface area contributed by atoms with E-state index in [1.807, 2.05) is 13.0 Å². The molecule has 10 nitrogen and oxygen atoms in total. The number of carboxylic acids is 1. The van der Waals surface area contributed by atoms with E-state index < -0.39 is 11.9 Å². The number of nitrogens with zero attached hydrogens (tertiary/aromatic N) is 6. The number of nitrogens with two attached hydrogens (primary N) is 1. The molecule has 0 fully saturated rings. The predicted molar refractivity (Wildman–Crippen MR) is 154 cm³/mol. The molecule has 1 aromatic carbocycles. The molecule has 0 aliphatic carbocycles. The maximum atomic E-state index is 12.1. The highest BCUT2D eigenvalue weighted by Gasteiger charge is 2.27. The lowest BCUT2D eigenvalue weighted by Gasteiger charge is -2.24. The molecule has 4 aromatic heterocycles. The van der Waals surface area contributed by atoms with Gasteiger partial charge in [0.2, 0.25) is 0 Å². The van der Waals surface area contributed by atoms with Gasteiger partial charge in [0.1, 0.15) is 23.2 Å². The van der Waals surface area contributed by atoms with Gasteiger partial charge in [-0.2, -0.15) is 0 Å². The van der Waals surface area contributed by atoms with Crippen LogP contribution in [0.3, 0.4) is 0 Å². The molecular formula is C29H31N7O3S. The summed E-state index contributed by atoms with van der Waals surface area (Å²) in [6.45, 7) is 6.11. The van der Waals surface area contributed by atoms with Crippen molar-refractivity contribution in [1.82, 2.24) is 29.9 Å². The molecule has 0 amide bonds. The molecule has 0 radical (unpaired) electrons. The molecule has 2 atom stereocenters. The van der Waals surface area contributed by atoms with E-state index in [1.54, 1.807) is 35.3 Å². The van der Waals surface area contributed by atoms with Gasteiger partial charge in [0.15, 0.2) is 5.65 Å². The number of anilines is 1. The quantitative estimate of drug-likeness (QED) is 0.294. The number of ether oxygens (including phenoxy) is 1.